The molecule has 0 radical (unpaired) electrons. The minimum Gasteiger partial charge on any atom is -0.464 e. The third-order valence-electron chi connectivity index (χ3n) is 5.40. The molecule has 1 unspecified atom stereocenters. The molecule has 3 aromatic rings. The summed E-state index contributed by atoms with van der Waals surface area (Å²) >= 11 is 1.74. The van der Waals surface area contributed by atoms with Gasteiger partial charge in [0.25, 0.3) is 0 Å². The maximum absolute atomic E-state index is 12.8. The van der Waals surface area contributed by atoms with Crippen molar-refractivity contribution >= 4 is 45.6 Å². The summed E-state index contributed by atoms with van der Waals surface area (Å²) in [6.07, 6.45) is 2.41. The van der Waals surface area contributed by atoms with Gasteiger partial charge in [-0.2, -0.15) is 0 Å². The highest BCUT2D eigenvalue weighted by Gasteiger charge is 2.29. The van der Waals surface area contributed by atoms with Gasteiger partial charge in [-0.05, 0) is 38.5 Å². The highest BCUT2D eigenvalue weighted by Crippen LogP contribution is 2.33. The number of nitrogens with zero attached hydrogens (tertiary/aromatic N) is 2. The summed E-state index contributed by atoms with van der Waals surface area (Å²) in [5.41, 5.74) is 2.16. The second-order valence-corrected chi connectivity index (χ2v) is 8.84. The van der Waals surface area contributed by atoms with E-state index in [9.17, 15) is 9.59 Å². The number of methoxy groups -OCH3 is 1. The van der Waals surface area contributed by atoms with Crippen LogP contribution in [0.5, 0.6) is 0 Å². The zero-order valence-electron chi connectivity index (χ0n) is 17.9. The van der Waals surface area contributed by atoms with Crippen molar-refractivity contribution < 1.29 is 19.1 Å². The Morgan fingerprint density at radius 3 is 2.87 bits per heavy atom. The van der Waals surface area contributed by atoms with Gasteiger partial charge in [0.05, 0.1) is 37.2 Å². The topological polar surface area (TPSA) is 94.5 Å². The van der Waals surface area contributed by atoms with E-state index in [1.807, 2.05) is 13.0 Å². The molecule has 1 aliphatic rings. The number of carbonyl (C=O) groups excluding carboxylic acids is 2. The summed E-state index contributed by atoms with van der Waals surface area (Å²) < 4.78 is 12.1. The Kier molecular flexibility index (Phi) is 6.24. The SMILES string of the molecule is CCn1c(C(=O)OC)c(NC(=O)C2CCOC2)c2cc(NCc3ccc(C)s3)cnc21. The van der Waals surface area contributed by atoms with Crippen LogP contribution in [-0.2, 0) is 27.4 Å². The Morgan fingerprint density at radius 2 is 2.23 bits per heavy atom. The molecule has 9 heteroatoms. The summed E-state index contributed by atoms with van der Waals surface area (Å²) in [5.74, 6) is -0.909. The molecule has 31 heavy (non-hydrogen) atoms. The third-order valence-corrected chi connectivity index (χ3v) is 6.41. The van der Waals surface area contributed by atoms with Gasteiger partial charge in [-0.15, -0.1) is 11.3 Å². The van der Waals surface area contributed by atoms with E-state index in [4.69, 9.17) is 9.47 Å². The molecule has 0 bridgehead atoms. The van der Waals surface area contributed by atoms with E-state index in [2.05, 4.69) is 34.7 Å². The number of carbonyl (C=O) groups is 2. The van der Waals surface area contributed by atoms with Crippen LogP contribution in [0.3, 0.4) is 0 Å². The van der Waals surface area contributed by atoms with E-state index in [1.165, 1.54) is 16.9 Å². The van der Waals surface area contributed by atoms with Crippen molar-refractivity contribution in [1.82, 2.24) is 9.55 Å². The van der Waals surface area contributed by atoms with Gasteiger partial charge in [-0.1, -0.05) is 0 Å². The summed E-state index contributed by atoms with van der Waals surface area (Å²) in [6, 6.07) is 6.10. The first-order valence-electron chi connectivity index (χ1n) is 10.3. The number of fused-ring (bicyclic) bond motifs is 1. The molecule has 164 valence electrons. The molecular formula is C22H26N4O4S. The zero-order chi connectivity index (χ0) is 22.0. The van der Waals surface area contributed by atoms with Gasteiger partial charge >= 0.3 is 5.97 Å². The fourth-order valence-electron chi connectivity index (χ4n) is 3.80. The Labute approximate surface area is 184 Å². The van der Waals surface area contributed by atoms with Crippen molar-refractivity contribution in [2.24, 2.45) is 5.92 Å². The van der Waals surface area contributed by atoms with E-state index in [0.717, 1.165) is 5.69 Å². The van der Waals surface area contributed by atoms with Crippen LogP contribution in [-0.4, -0.2) is 41.8 Å². The van der Waals surface area contributed by atoms with Crippen LogP contribution < -0.4 is 10.6 Å². The predicted octanol–water partition coefficient (Wildman–Crippen LogP) is 3.80. The van der Waals surface area contributed by atoms with Crippen molar-refractivity contribution in [2.45, 2.75) is 33.4 Å². The Bertz CT molecular complexity index is 1110. The molecule has 1 aliphatic heterocycles. The fourth-order valence-corrected chi connectivity index (χ4v) is 4.63. The number of anilines is 2. The van der Waals surface area contributed by atoms with E-state index in [-0.39, 0.29) is 11.8 Å². The number of aromatic nitrogens is 2. The quantitative estimate of drug-likeness (QED) is 0.541. The lowest BCUT2D eigenvalue weighted by Crippen LogP contribution is -2.24. The number of amides is 1. The molecule has 4 rings (SSSR count). The number of esters is 1. The maximum Gasteiger partial charge on any atom is 0.356 e. The molecule has 0 saturated carbocycles. The molecule has 0 aromatic carbocycles. The largest absolute Gasteiger partial charge is 0.464 e. The van der Waals surface area contributed by atoms with Crippen LogP contribution in [0, 0.1) is 12.8 Å². The van der Waals surface area contributed by atoms with Crippen molar-refractivity contribution in [3.05, 3.63) is 39.8 Å². The molecule has 1 saturated heterocycles. The van der Waals surface area contributed by atoms with Crippen molar-refractivity contribution in [3.63, 3.8) is 0 Å². The minimum atomic E-state index is -0.513. The van der Waals surface area contributed by atoms with Crippen LogP contribution >= 0.6 is 11.3 Å². The Balaban J connectivity index is 1.72. The van der Waals surface area contributed by atoms with Crippen molar-refractivity contribution in [3.8, 4) is 0 Å². The summed E-state index contributed by atoms with van der Waals surface area (Å²) in [4.78, 5) is 32.5. The van der Waals surface area contributed by atoms with Gasteiger partial charge < -0.3 is 24.7 Å². The first kappa shape index (κ1) is 21.3. The smallest absolute Gasteiger partial charge is 0.356 e. The lowest BCUT2D eigenvalue weighted by atomic mass is 10.1. The summed E-state index contributed by atoms with van der Waals surface area (Å²) in [7, 11) is 1.33. The van der Waals surface area contributed by atoms with Gasteiger partial charge in [0.2, 0.25) is 5.91 Å². The van der Waals surface area contributed by atoms with E-state index in [1.54, 1.807) is 22.1 Å². The van der Waals surface area contributed by atoms with Gasteiger partial charge in [0.1, 0.15) is 5.65 Å². The zero-order valence-corrected chi connectivity index (χ0v) is 18.7. The third kappa shape index (κ3) is 4.28. The molecule has 0 aliphatic carbocycles. The summed E-state index contributed by atoms with van der Waals surface area (Å²) in [5, 5.41) is 7.04. The number of pyridine rings is 1. The lowest BCUT2D eigenvalue weighted by Gasteiger charge is -2.11. The number of aryl methyl sites for hydroxylation is 2. The maximum atomic E-state index is 12.8. The number of thiophene rings is 1. The van der Waals surface area contributed by atoms with Crippen LogP contribution in [0.1, 0.15) is 33.6 Å². The highest BCUT2D eigenvalue weighted by molar-refractivity contribution is 7.11. The molecule has 1 atom stereocenters. The van der Waals surface area contributed by atoms with Gasteiger partial charge in [-0.3, -0.25) is 4.79 Å². The first-order valence-corrected chi connectivity index (χ1v) is 11.1. The first-order chi connectivity index (χ1) is 15.0. The van der Waals surface area contributed by atoms with Gasteiger partial charge in [0.15, 0.2) is 5.69 Å². The molecule has 4 heterocycles. The van der Waals surface area contributed by atoms with Crippen LogP contribution in [0.4, 0.5) is 11.4 Å². The number of rotatable bonds is 7. The standard InChI is InChI=1S/C22H26N4O4S/c1-4-26-19(22(28)29-3)18(25-21(27)14-7-8-30-12-14)17-9-15(10-24-20(17)26)23-11-16-6-5-13(2)31-16/h5-6,9-10,14,23H,4,7-8,11-12H2,1-3H3,(H,25,27). The van der Waals surface area contributed by atoms with Crippen LogP contribution in [0.2, 0.25) is 0 Å². The minimum absolute atomic E-state index is 0.162. The average Bonchev–Trinajstić information content (AvgIpc) is 3.51. The van der Waals surface area contributed by atoms with Gasteiger partial charge in [0, 0.05) is 34.8 Å². The van der Waals surface area contributed by atoms with Crippen molar-refractivity contribution in [2.75, 3.05) is 31.0 Å². The molecule has 2 N–H and O–H groups in total. The highest BCUT2D eigenvalue weighted by atomic mass is 32.1. The second-order valence-electron chi connectivity index (χ2n) is 7.47. The van der Waals surface area contributed by atoms with Crippen LogP contribution in [0.15, 0.2) is 24.4 Å². The monoisotopic (exact) mass is 442 g/mol. The lowest BCUT2D eigenvalue weighted by molar-refractivity contribution is -0.119. The van der Waals surface area contributed by atoms with E-state index in [0.29, 0.717) is 55.1 Å². The van der Waals surface area contributed by atoms with Gasteiger partial charge in [-0.25, -0.2) is 9.78 Å². The second kappa shape index (κ2) is 9.07. The van der Waals surface area contributed by atoms with Crippen molar-refractivity contribution in [1.29, 1.82) is 0 Å². The Morgan fingerprint density at radius 1 is 1.39 bits per heavy atom. The molecule has 3 aromatic heterocycles. The number of nitrogens with one attached hydrogen (secondary N) is 2. The Hall–Kier alpha value is -2.91. The normalized spacial score (nSPS) is 15.9. The fraction of sp³-hybridized carbons (Fsp3) is 0.409. The average molecular weight is 443 g/mol. The molecular weight excluding hydrogens is 416 g/mol. The summed E-state index contributed by atoms with van der Waals surface area (Å²) in [6.45, 7) is 6.14. The predicted molar refractivity (Wildman–Crippen MR) is 121 cm³/mol. The number of hydrogen-bond acceptors (Lipinski definition) is 7. The molecule has 8 nitrogen and oxygen atoms in total. The number of ether oxygens (including phenoxy) is 2. The number of hydrogen-bond donors (Lipinski definition) is 2. The molecule has 1 fully saturated rings. The van der Waals surface area contributed by atoms with E-state index >= 15 is 0 Å². The molecule has 0 spiro atoms. The molecule has 1 amide bonds. The van der Waals surface area contributed by atoms with E-state index < -0.39 is 5.97 Å². The van der Waals surface area contributed by atoms with Crippen LogP contribution in [0.25, 0.3) is 11.0 Å².